The van der Waals surface area contributed by atoms with Gasteiger partial charge in [0.1, 0.15) is 5.75 Å². The van der Waals surface area contributed by atoms with Crippen LogP contribution in [0.4, 0.5) is 0 Å². The van der Waals surface area contributed by atoms with E-state index in [9.17, 15) is 5.11 Å². The zero-order valence-electron chi connectivity index (χ0n) is 9.91. The van der Waals surface area contributed by atoms with Crippen LogP contribution in [0.3, 0.4) is 0 Å². The van der Waals surface area contributed by atoms with Gasteiger partial charge in [0, 0.05) is 38.3 Å². The van der Waals surface area contributed by atoms with Crippen LogP contribution in [0.1, 0.15) is 16.7 Å². The zero-order valence-corrected chi connectivity index (χ0v) is 9.91. The smallest absolute Gasteiger partial charge is 0.120 e. The van der Waals surface area contributed by atoms with Crippen molar-refractivity contribution < 1.29 is 9.84 Å². The third kappa shape index (κ3) is 2.16. The van der Waals surface area contributed by atoms with Crippen molar-refractivity contribution in [2.75, 3.05) is 26.2 Å². The second-order valence-corrected chi connectivity index (χ2v) is 4.72. The molecule has 0 spiro atoms. The Labute approximate surface area is 101 Å². The molecule has 0 aromatic heterocycles. The number of aromatic hydroxyl groups is 1. The summed E-state index contributed by atoms with van der Waals surface area (Å²) < 4.78 is 5.46. The Morgan fingerprint density at radius 2 is 2.06 bits per heavy atom. The summed E-state index contributed by atoms with van der Waals surface area (Å²) in [7, 11) is 0. The molecule has 0 unspecified atom stereocenters. The highest BCUT2D eigenvalue weighted by Crippen LogP contribution is 2.31. The lowest BCUT2D eigenvalue weighted by Gasteiger charge is -2.28. The van der Waals surface area contributed by atoms with Crippen molar-refractivity contribution in [3.05, 3.63) is 28.8 Å². The van der Waals surface area contributed by atoms with Crippen molar-refractivity contribution in [3.8, 4) is 5.75 Å². The molecule has 0 bridgehead atoms. The van der Waals surface area contributed by atoms with E-state index in [-0.39, 0.29) is 0 Å². The van der Waals surface area contributed by atoms with E-state index in [4.69, 9.17) is 4.74 Å². The molecule has 0 radical (unpaired) electrons. The monoisotopic (exact) mass is 234 g/mol. The molecule has 0 saturated carbocycles. The number of piperazine rings is 1. The van der Waals surface area contributed by atoms with Gasteiger partial charge in [-0.2, -0.15) is 0 Å². The number of nitrogens with one attached hydrogen (secondary N) is 1. The summed E-state index contributed by atoms with van der Waals surface area (Å²) >= 11 is 0. The van der Waals surface area contributed by atoms with E-state index in [2.05, 4.69) is 10.2 Å². The van der Waals surface area contributed by atoms with E-state index in [0.29, 0.717) is 19.0 Å². The summed E-state index contributed by atoms with van der Waals surface area (Å²) in [6, 6.07) is 3.77. The van der Waals surface area contributed by atoms with Gasteiger partial charge < -0.3 is 15.2 Å². The third-order valence-electron chi connectivity index (χ3n) is 3.60. The molecule has 1 aromatic rings. The fourth-order valence-electron chi connectivity index (χ4n) is 2.58. The van der Waals surface area contributed by atoms with Crippen LogP contribution in [0.5, 0.6) is 5.75 Å². The molecule has 1 aromatic carbocycles. The number of hydrogen-bond acceptors (Lipinski definition) is 4. The molecule has 0 amide bonds. The summed E-state index contributed by atoms with van der Waals surface area (Å²) in [4.78, 5) is 2.38. The predicted molar refractivity (Wildman–Crippen MR) is 64.7 cm³/mol. The van der Waals surface area contributed by atoms with E-state index in [0.717, 1.165) is 38.3 Å². The van der Waals surface area contributed by atoms with Crippen LogP contribution in [-0.4, -0.2) is 36.2 Å². The molecule has 3 rings (SSSR count). The second kappa shape index (κ2) is 4.64. The Kier molecular flexibility index (Phi) is 3.01. The highest BCUT2D eigenvalue weighted by atomic mass is 16.5. The van der Waals surface area contributed by atoms with Gasteiger partial charge in [0.05, 0.1) is 13.2 Å². The highest BCUT2D eigenvalue weighted by molar-refractivity contribution is 5.45. The van der Waals surface area contributed by atoms with Gasteiger partial charge in [-0.05, 0) is 17.2 Å². The molecule has 17 heavy (non-hydrogen) atoms. The molecule has 2 aliphatic heterocycles. The van der Waals surface area contributed by atoms with Crippen molar-refractivity contribution in [2.45, 2.75) is 19.8 Å². The average Bonchev–Trinajstić information content (AvgIpc) is 2.83. The maximum atomic E-state index is 10.0. The van der Waals surface area contributed by atoms with Gasteiger partial charge >= 0.3 is 0 Å². The largest absolute Gasteiger partial charge is 0.508 e. The Hall–Kier alpha value is -1.10. The highest BCUT2D eigenvalue weighted by Gasteiger charge is 2.20. The number of rotatable bonds is 2. The van der Waals surface area contributed by atoms with E-state index in [1.165, 1.54) is 11.1 Å². The molecular formula is C13H18N2O2. The molecule has 2 N–H and O–H groups in total. The lowest BCUT2D eigenvalue weighted by Crippen LogP contribution is -2.43. The first-order chi connectivity index (χ1) is 8.34. The van der Waals surface area contributed by atoms with Crippen LogP contribution < -0.4 is 5.32 Å². The topological polar surface area (TPSA) is 44.7 Å². The number of ether oxygens (including phenoxy) is 1. The Balaban J connectivity index is 1.84. The van der Waals surface area contributed by atoms with Crippen molar-refractivity contribution in [1.82, 2.24) is 10.2 Å². The van der Waals surface area contributed by atoms with Crippen LogP contribution in [0.25, 0.3) is 0 Å². The molecule has 2 heterocycles. The number of phenolic OH excluding ortho intramolecular Hbond substituents is 1. The molecule has 1 fully saturated rings. The molecule has 4 nitrogen and oxygen atoms in total. The summed E-state index contributed by atoms with van der Waals surface area (Å²) in [5.74, 6) is 0.410. The predicted octanol–water partition coefficient (Wildman–Crippen LogP) is 0.828. The van der Waals surface area contributed by atoms with E-state index < -0.39 is 0 Å². The Morgan fingerprint density at radius 3 is 2.88 bits per heavy atom. The zero-order chi connectivity index (χ0) is 11.7. The molecule has 0 atom stereocenters. The number of nitrogens with zero attached hydrogens (tertiary/aromatic N) is 1. The number of hydrogen-bond donors (Lipinski definition) is 2. The minimum Gasteiger partial charge on any atom is -0.508 e. The Morgan fingerprint density at radius 1 is 1.24 bits per heavy atom. The number of phenols is 1. The second-order valence-electron chi connectivity index (χ2n) is 4.72. The van der Waals surface area contributed by atoms with Crippen molar-refractivity contribution >= 4 is 0 Å². The van der Waals surface area contributed by atoms with Crippen molar-refractivity contribution in [1.29, 1.82) is 0 Å². The normalized spacial score (nSPS) is 20.5. The summed E-state index contributed by atoms with van der Waals surface area (Å²) in [5, 5.41) is 13.3. The van der Waals surface area contributed by atoms with Gasteiger partial charge in [0.2, 0.25) is 0 Å². The van der Waals surface area contributed by atoms with Gasteiger partial charge in [-0.15, -0.1) is 0 Å². The molecule has 1 saturated heterocycles. The van der Waals surface area contributed by atoms with Crippen LogP contribution in [0.2, 0.25) is 0 Å². The maximum Gasteiger partial charge on any atom is 0.120 e. The van der Waals surface area contributed by atoms with Crippen molar-refractivity contribution in [3.63, 3.8) is 0 Å². The van der Waals surface area contributed by atoms with Crippen LogP contribution in [-0.2, 0) is 24.5 Å². The number of fused-ring (bicyclic) bond motifs is 1. The Bertz CT molecular complexity index is 414. The SMILES string of the molecule is Oc1ccc2c(c1CN1CCNCC1)COC2. The first kappa shape index (κ1) is 11.0. The standard InChI is InChI=1S/C13H18N2O2/c16-13-2-1-10-8-17-9-12(10)11(13)7-15-5-3-14-4-6-15/h1-2,14,16H,3-9H2. The van der Waals surface area contributed by atoms with E-state index in [1.807, 2.05) is 6.07 Å². The maximum absolute atomic E-state index is 10.0. The minimum absolute atomic E-state index is 0.410. The van der Waals surface area contributed by atoms with Crippen LogP contribution in [0, 0.1) is 0 Å². The van der Waals surface area contributed by atoms with Gasteiger partial charge in [0.25, 0.3) is 0 Å². The van der Waals surface area contributed by atoms with E-state index >= 15 is 0 Å². The average molecular weight is 234 g/mol. The van der Waals surface area contributed by atoms with Crippen LogP contribution >= 0.6 is 0 Å². The molecule has 0 aliphatic carbocycles. The quantitative estimate of drug-likeness (QED) is 0.795. The van der Waals surface area contributed by atoms with Gasteiger partial charge in [0.15, 0.2) is 0 Å². The third-order valence-corrected chi connectivity index (χ3v) is 3.60. The minimum atomic E-state index is 0.410. The first-order valence-corrected chi connectivity index (χ1v) is 6.18. The summed E-state index contributed by atoms with van der Waals surface area (Å²) in [6.07, 6.45) is 0. The van der Waals surface area contributed by atoms with Gasteiger partial charge in [-0.25, -0.2) is 0 Å². The van der Waals surface area contributed by atoms with Crippen LogP contribution in [0.15, 0.2) is 12.1 Å². The molecule has 92 valence electrons. The van der Waals surface area contributed by atoms with Gasteiger partial charge in [-0.1, -0.05) is 6.07 Å². The molecule has 4 heteroatoms. The summed E-state index contributed by atoms with van der Waals surface area (Å²) in [6.45, 7) is 6.32. The lowest BCUT2D eigenvalue weighted by molar-refractivity contribution is 0.133. The molecule has 2 aliphatic rings. The fraction of sp³-hybridized carbons (Fsp3) is 0.538. The lowest BCUT2D eigenvalue weighted by atomic mass is 10.0. The number of benzene rings is 1. The van der Waals surface area contributed by atoms with E-state index in [1.54, 1.807) is 6.07 Å². The first-order valence-electron chi connectivity index (χ1n) is 6.18. The molecular weight excluding hydrogens is 216 g/mol. The van der Waals surface area contributed by atoms with Crippen molar-refractivity contribution in [2.24, 2.45) is 0 Å². The fourth-order valence-corrected chi connectivity index (χ4v) is 2.58. The summed E-state index contributed by atoms with van der Waals surface area (Å²) in [5.41, 5.74) is 3.48. The van der Waals surface area contributed by atoms with Gasteiger partial charge in [-0.3, -0.25) is 4.90 Å².